The molecule has 1 amide bonds. The molecule has 3 aromatic rings. The van der Waals surface area contributed by atoms with Crippen LogP contribution in [0.2, 0.25) is 0 Å². The summed E-state index contributed by atoms with van der Waals surface area (Å²) in [6.45, 7) is 7.34. The van der Waals surface area contributed by atoms with Gasteiger partial charge < -0.3 is 15.4 Å². The summed E-state index contributed by atoms with van der Waals surface area (Å²) < 4.78 is 6.47. The van der Waals surface area contributed by atoms with Gasteiger partial charge in [-0.3, -0.25) is 4.79 Å². The number of nitrogens with zero attached hydrogens (tertiary/aromatic N) is 3. The van der Waals surface area contributed by atoms with Gasteiger partial charge in [0.25, 0.3) is 0 Å². The van der Waals surface area contributed by atoms with Crippen LogP contribution in [0.5, 0.6) is 11.5 Å². The van der Waals surface area contributed by atoms with Crippen LogP contribution in [0.25, 0.3) is 0 Å². The molecule has 0 aliphatic heterocycles. The highest BCUT2D eigenvalue weighted by atomic mass is 32.2. The summed E-state index contributed by atoms with van der Waals surface area (Å²) in [5.74, 6) is 1.31. The van der Waals surface area contributed by atoms with Crippen molar-refractivity contribution in [2.24, 2.45) is 5.92 Å². The Balaban J connectivity index is 1.55. The molecular weight excluding hydrogens is 442 g/mol. The summed E-state index contributed by atoms with van der Waals surface area (Å²) in [7, 11) is 0. The maximum atomic E-state index is 12.5. The van der Waals surface area contributed by atoms with Gasteiger partial charge in [-0.25, -0.2) is 0 Å². The van der Waals surface area contributed by atoms with Crippen LogP contribution in [-0.2, 0) is 4.79 Å². The third-order valence-corrected chi connectivity index (χ3v) is 6.93. The number of amides is 1. The SMILES string of the molecule is CC(C)[C@](C)(C#N)NC(=O)[C@@H](C)Sc1nnc(Nc2ccc(Oc3ccccc3)cc2)s1. The van der Waals surface area contributed by atoms with Crippen molar-refractivity contribution in [3.8, 4) is 17.6 Å². The molecule has 0 aliphatic carbocycles. The molecule has 9 heteroatoms. The van der Waals surface area contributed by atoms with E-state index in [1.165, 1.54) is 23.1 Å². The van der Waals surface area contributed by atoms with E-state index in [4.69, 9.17) is 4.74 Å². The first-order valence-corrected chi connectivity index (χ1v) is 11.8. The smallest absolute Gasteiger partial charge is 0.234 e. The van der Waals surface area contributed by atoms with Crippen molar-refractivity contribution in [3.05, 3.63) is 54.6 Å². The van der Waals surface area contributed by atoms with E-state index in [-0.39, 0.29) is 11.8 Å². The van der Waals surface area contributed by atoms with Crippen molar-refractivity contribution in [1.29, 1.82) is 5.26 Å². The van der Waals surface area contributed by atoms with Crippen LogP contribution >= 0.6 is 23.1 Å². The van der Waals surface area contributed by atoms with E-state index in [9.17, 15) is 10.1 Å². The van der Waals surface area contributed by atoms with E-state index in [2.05, 4.69) is 26.9 Å². The molecule has 0 radical (unpaired) electrons. The van der Waals surface area contributed by atoms with Crippen LogP contribution in [0.1, 0.15) is 27.7 Å². The van der Waals surface area contributed by atoms with E-state index >= 15 is 0 Å². The van der Waals surface area contributed by atoms with Crippen molar-refractivity contribution < 1.29 is 9.53 Å². The maximum Gasteiger partial charge on any atom is 0.234 e. The molecule has 2 N–H and O–H groups in total. The van der Waals surface area contributed by atoms with Gasteiger partial charge in [-0.05, 0) is 56.2 Å². The molecule has 0 fully saturated rings. The Labute approximate surface area is 196 Å². The van der Waals surface area contributed by atoms with E-state index in [0.717, 1.165) is 17.2 Å². The number of carbonyl (C=O) groups is 1. The van der Waals surface area contributed by atoms with Gasteiger partial charge in [0.15, 0.2) is 4.34 Å². The Bertz CT molecular complexity index is 1080. The number of hydrogen-bond acceptors (Lipinski definition) is 8. The van der Waals surface area contributed by atoms with Gasteiger partial charge in [-0.15, -0.1) is 10.2 Å². The molecule has 0 unspecified atom stereocenters. The summed E-state index contributed by atoms with van der Waals surface area (Å²) in [4.78, 5) is 12.5. The van der Waals surface area contributed by atoms with Crippen LogP contribution in [-0.4, -0.2) is 26.9 Å². The minimum Gasteiger partial charge on any atom is -0.457 e. The molecule has 0 saturated carbocycles. The molecule has 32 heavy (non-hydrogen) atoms. The number of hydrogen-bond donors (Lipinski definition) is 2. The van der Waals surface area contributed by atoms with Gasteiger partial charge in [0.1, 0.15) is 17.0 Å². The lowest BCUT2D eigenvalue weighted by Gasteiger charge is -2.28. The van der Waals surface area contributed by atoms with Gasteiger partial charge in [0.2, 0.25) is 11.0 Å². The molecule has 7 nitrogen and oxygen atoms in total. The van der Waals surface area contributed by atoms with Crippen molar-refractivity contribution in [3.63, 3.8) is 0 Å². The van der Waals surface area contributed by atoms with E-state index < -0.39 is 10.8 Å². The van der Waals surface area contributed by atoms with E-state index in [1.807, 2.05) is 68.4 Å². The van der Waals surface area contributed by atoms with Crippen LogP contribution in [0, 0.1) is 17.2 Å². The summed E-state index contributed by atoms with van der Waals surface area (Å²) in [6, 6.07) is 19.3. The number of nitrogens with one attached hydrogen (secondary N) is 2. The van der Waals surface area contributed by atoms with Gasteiger partial charge in [0, 0.05) is 5.69 Å². The monoisotopic (exact) mass is 467 g/mol. The standard InChI is InChI=1S/C23H25N5O2S2/c1-15(2)23(4,14-24)26-20(29)16(3)31-22-28-27-21(32-22)25-17-10-12-19(13-11-17)30-18-8-6-5-7-9-18/h5-13,15-16H,1-4H3,(H,25,27)(H,26,29)/t16-,23+/m1/s1. The van der Waals surface area contributed by atoms with Crippen LogP contribution in [0.3, 0.4) is 0 Å². The fraction of sp³-hybridized carbons (Fsp3) is 0.304. The highest BCUT2D eigenvalue weighted by Crippen LogP contribution is 2.31. The number of nitriles is 1. The summed E-state index contributed by atoms with van der Waals surface area (Å²) in [5, 5.41) is 24.0. The fourth-order valence-electron chi connectivity index (χ4n) is 2.53. The molecule has 2 aromatic carbocycles. The van der Waals surface area contributed by atoms with Crippen LogP contribution in [0.15, 0.2) is 58.9 Å². The normalized spacial score (nSPS) is 13.6. The third kappa shape index (κ3) is 6.22. The van der Waals surface area contributed by atoms with Crippen molar-refractivity contribution in [1.82, 2.24) is 15.5 Å². The number of aromatic nitrogens is 2. The fourth-order valence-corrected chi connectivity index (χ4v) is 4.44. The first-order valence-electron chi connectivity index (χ1n) is 10.1. The van der Waals surface area contributed by atoms with Gasteiger partial charge >= 0.3 is 0 Å². The second-order valence-corrected chi connectivity index (χ2v) is 10.2. The van der Waals surface area contributed by atoms with Crippen molar-refractivity contribution in [2.45, 2.75) is 42.8 Å². The average molecular weight is 468 g/mol. The topological polar surface area (TPSA) is 99.9 Å². The molecule has 166 valence electrons. The predicted molar refractivity (Wildman–Crippen MR) is 128 cm³/mol. The molecule has 1 heterocycles. The van der Waals surface area contributed by atoms with Gasteiger partial charge in [0.05, 0.1) is 11.3 Å². The minimum absolute atomic E-state index is 0.00420. The lowest BCUT2D eigenvalue weighted by molar-refractivity contribution is -0.121. The number of rotatable bonds is 9. The minimum atomic E-state index is -0.907. The molecule has 0 spiro atoms. The predicted octanol–water partition coefficient (Wildman–Crippen LogP) is 5.61. The molecule has 1 aromatic heterocycles. The Hall–Kier alpha value is -3.09. The molecule has 0 saturated heterocycles. The lowest BCUT2D eigenvalue weighted by atomic mass is 9.90. The second kappa shape index (κ2) is 10.5. The number of thioether (sulfide) groups is 1. The Morgan fingerprint density at radius 1 is 1.09 bits per heavy atom. The lowest BCUT2D eigenvalue weighted by Crippen LogP contribution is -2.51. The Morgan fingerprint density at radius 3 is 2.38 bits per heavy atom. The molecule has 2 atom stereocenters. The summed E-state index contributed by atoms with van der Waals surface area (Å²) in [5.41, 5.74) is -0.0542. The second-order valence-electron chi connectivity index (χ2n) is 7.66. The quantitative estimate of drug-likeness (QED) is 0.395. The first kappa shape index (κ1) is 23.6. The number of ether oxygens (including phenoxy) is 1. The van der Waals surface area contributed by atoms with E-state index in [1.54, 1.807) is 13.8 Å². The zero-order chi connectivity index (χ0) is 23.1. The molecule has 0 aliphatic rings. The van der Waals surface area contributed by atoms with Gasteiger partial charge in [-0.2, -0.15) is 5.26 Å². The number of para-hydroxylation sites is 1. The average Bonchev–Trinajstić information content (AvgIpc) is 3.22. The summed E-state index contributed by atoms with van der Waals surface area (Å²) in [6.07, 6.45) is 0. The van der Waals surface area contributed by atoms with Crippen molar-refractivity contribution >= 4 is 39.8 Å². The number of carbonyl (C=O) groups excluding carboxylic acids is 1. The maximum absolute atomic E-state index is 12.5. The molecule has 0 bridgehead atoms. The highest BCUT2D eigenvalue weighted by molar-refractivity contribution is 8.02. The zero-order valence-electron chi connectivity index (χ0n) is 18.3. The number of benzene rings is 2. The largest absolute Gasteiger partial charge is 0.457 e. The molecular formula is C23H25N5O2S2. The summed E-state index contributed by atoms with van der Waals surface area (Å²) >= 11 is 2.68. The Morgan fingerprint density at radius 2 is 1.75 bits per heavy atom. The van der Waals surface area contributed by atoms with Gasteiger partial charge in [-0.1, -0.05) is 55.1 Å². The Kier molecular flexibility index (Phi) is 7.72. The third-order valence-electron chi connectivity index (χ3n) is 4.91. The van der Waals surface area contributed by atoms with E-state index in [0.29, 0.717) is 9.47 Å². The van der Waals surface area contributed by atoms with Crippen LogP contribution in [0.4, 0.5) is 10.8 Å². The first-order chi connectivity index (χ1) is 15.3. The van der Waals surface area contributed by atoms with Crippen molar-refractivity contribution in [2.75, 3.05) is 5.32 Å². The molecule has 3 rings (SSSR count). The highest BCUT2D eigenvalue weighted by Gasteiger charge is 2.32. The van der Waals surface area contributed by atoms with Crippen LogP contribution < -0.4 is 15.4 Å². The number of anilines is 2. The zero-order valence-corrected chi connectivity index (χ0v) is 20.0.